The Morgan fingerprint density at radius 1 is 1.21 bits per heavy atom. The fourth-order valence-electron chi connectivity index (χ4n) is 2.61. The van der Waals surface area contributed by atoms with Gasteiger partial charge in [0.05, 0.1) is 11.2 Å². The van der Waals surface area contributed by atoms with Crippen molar-refractivity contribution >= 4 is 11.6 Å². The average Bonchev–Trinajstić information content (AvgIpc) is 2.62. The Morgan fingerprint density at radius 3 is 2.47 bits per heavy atom. The standard InChI is InChI=1S/C15H22N2O2/c16-13-8-4-3-7-12(13)14(18)17-11-15(19)9-5-1-2-6-10-15/h3-4,7-8,19H,1-2,5-6,9-11,16H2,(H,17,18). The number of nitrogen functional groups attached to an aromatic ring is 1. The zero-order valence-corrected chi connectivity index (χ0v) is 11.2. The van der Waals surface area contributed by atoms with Crippen molar-refractivity contribution < 1.29 is 9.90 Å². The van der Waals surface area contributed by atoms with Gasteiger partial charge < -0.3 is 16.2 Å². The second-order valence-electron chi connectivity index (χ2n) is 5.41. The van der Waals surface area contributed by atoms with Crippen molar-refractivity contribution in [3.63, 3.8) is 0 Å². The van der Waals surface area contributed by atoms with E-state index in [9.17, 15) is 9.90 Å². The lowest BCUT2D eigenvalue weighted by Crippen LogP contribution is -2.42. The number of anilines is 1. The zero-order chi connectivity index (χ0) is 13.7. The Kier molecular flexibility index (Phi) is 4.43. The van der Waals surface area contributed by atoms with Crippen LogP contribution in [-0.4, -0.2) is 23.2 Å². The van der Waals surface area contributed by atoms with Gasteiger partial charge in [0.1, 0.15) is 0 Å². The minimum Gasteiger partial charge on any atom is -0.398 e. The van der Waals surface area contributed by atoms with Gasteiger partial charge in [0.25, 0.3) is 5.91 Å². The molecule has 1 aromatic carbocycles. The second kappa shape index (κ2) is 6.06. The molecule has 1 amide bonds. The maximum absolute atomic E-state index is 12.0. The van der Waals surface area contributed by atoms with Gasteiger partial charge in [0.2, 0.25) is 0 Å². The Bertz CT molecular complexity index is 438. The van der Waals surface area contributed by atoms with E-state index in [0.717, 1.165) is 25.7 Å². The summed E-state index contributed by atoms with van der Waals surface area (Å²) >= 11 is 0. The fourth-order valence-corrected chi connectivity index (χ4v) is 2.61. The molecule has 4 nitrogen and oxygen atoms in total. The van der Waals surface area contributed by atoms with Crippen LogP contribution in [0.3, 0.4) is 0 Å². The van der Waals surface area contributed by atoms with Crippen molar-refractivity contribution in [3.05, 3.63) is 29.8 Å². The van der Waals surface area contributed by atoms with Gasteiger partial charge in [-0.15, -0.1) is 0 Å². The molecule has 19 heavy (non-hydrogen) atoms. The fraction of sp³-hybridized carbons (Fsp3) is 0.533. The first-order valence-corrected chi connectivity index (χ1v) is 6.96. The molecule has 0 heterocycles. The summed E-state index contributed by atoms with van der Waals surface area (Å²) in [6.45, 7) is 0.306. The number of aliphatic hydroxyl groups is 1. The Balaban J connectivity index is 1.94. The molecule has 0 spiro atoms. The van der Waals surface area contributed by atoms with E-state index in [4.69, 9.17) is 5.73 Å². The molecular formula is C15H22N2O2. The molecule has 0 bridgehead atoms. The number of para-hydroxylation sites is 1. The third kappa shape index (κ3) is 3.70. The minimum atomic E-state index is -0.754. The third-order valence-electron chi connectivity index (χ3n) is 3.82. The number of nitrogens with one attached hydrogen (secondary N) is 1. The van der Waals surface area contributed by atoms with Gasteiger partial charge >= 0.3 is 0 Å². The maximum Gasteiger partial charge on any atom is 0.253 e. The number of amides is 1. The van der Waals surface area contributed by atoms with E-state index in [1.807, 2.05) is 0 Å². The molecule has 0 unspecified atom stereocenters. The molecule has 4 N–H and O–H groups in total. The summed E-state index contributed by atoms with van der Waals surface area (Å²) in [5.74, 6) is -0.212. The number of rotatable bonds is 3. The van der Waals surface area contributed by atoms with E-state index in [2.05, 4.69) is 5.32 Å². The first-order chi connectivity index (χ1) is 9.11. The van der Waals surface area contributed by atoms with Gasteiger partial charge in [-0.25, -0.2) is 0 Å². The van der Waals surface area contributed by atoms with Crippen molar-refractivity contribution in [1.82, 2.24) is 5.32 Å². The monoisotopic (exact) mass is 262 g/mol. The SMILES string of the molecule is Nc1ccccc1C(=O)NCC1(O)CCCCCC1. The molecule has 1 aliphatic carbocycles. The summed E-state index contributed by atoms with van der Waals surface area (Å²) in [7, 11) is 0. The van der Waals surface area contributed by atoms with Gasteiger partial charge in [-0.2, -0.15) is 0 Å². The largest absolute Gasteiger partial charge is 0.398 e. The molecule has 104 valence electrons. The second-order valence-corrected chi connectivity index (χ2v) is 5.41. The van der Waals surface area contributed by atoms with E-state index in [-0.39, 0.29) is 5.91 Å². The van der Waals surface area contributed by atoms with Crippen LogP contribution >= 0.6 is 0 Å². The van der Waals surface area contributed by atoms with Crippen LogP contribution in [0.2, 0.25) is 0 Å². The molecule has 1 aromatic rings. The lowest BCUT2D eigenvalue weighted by atomic mass is 9.94. The van der Waals surface area contributed by atoms with E-state index >= 15 is 0 Å². The smallest absolute Gasteiger partial charge is 0.253 e. The van der Waals surface area contributed by atoms with Crippen LogP contribution in [0.5, 0.6) is 0 Å². The summed E-state index contributed by atoms with van der Waals surface area (Å²) in [5.41, 5.74) is 5.95. The summed E-state index contributed by atoms with van der Waals surface area (Å²) in [4.78, 5) is 12.0. The maximum atomic E-state index is 12.0. The average molecular weight is 262 g/mol. The van der Waals surface area contributed by atoms with E-state index in [1.165, 1.54) is 12.8 Å². The predicted octanol–water partition coefficient (Wildman–Crippen LogP) is 2.08. The summed E-state index contributed by atoms with van der Waals surface area (Å²) in [6, 6.07) is 6.98. The molecule has 2 rings (SSSR count). The van der Waals surface area contributed by atoms with Gasteiger partial charge in [0.15, 0.2) is 0 Å². The number of nitrogens with two attached hydrogens (primary N) is 1. The van der Waals surface area contributed by atoms with Crippen LogP contribution in [0, 0.1) is 0 Å². The Hall–Kier alpha value is -1.55. The summed E-state index contributed by atoms with van der Waals surface area (Å²) in [5, 5.41) is 13.3. The summed E-state index contributed by atoms with van der Waals surface area (Å²) < 4.78 is 0. The zero-order valence-electron chi connectivity index (χ0n) is 11.2. The lowest BCUT2D eigenvalue weighted by Gasteiger charge is -2.26. The first kappa shape index (κ1) is 13.9. The minimum absolute atomic E-state index is 0.212. The number of hydrogen-bond donors (Lipinski definition) is 3. The molecule has 4 heteroatoms. The number of hydrogen-bond acceptors (Lipinski definition) is 3. The van der Waals surface area contributed by atoms with Crippen LogP contribution in [0.1, 0.15) is 48.9 Å². The van der Waals surface area contributed by atoms with E-state index in [1.54, 1.807) is 24.3 Å². The van der Waals surface area contributed by atoms with E-state index < -0.39 is 5.60 Å². The highest BCUT2D eigenvalue weighted by Gasteiger charge is 2.28. The number of carbonyl (C=O) groups is 1. The van der Waals surface area contributed by atoms with Crippen LogP contribution in [0.25, 0.3) is 0 Å². The molecule has 0 aliphatic heterocycles. The van der Waals surface area contributed by atoms with Crippen LogP contribution < -0.4 is 11.1 Å². The molecule has 0 saturated heterocycles. The summed E-state index contributed by atoms with van der Waals surface area (Å²) in [6.07, 6.45) is 5.92. The van der Waals surface area contributed by atoms with Gasteiger partial charge in [-0.3, -0.25) is 4.79 Å². The molecule has 1 aliphatic rings. The molecule has 0 aromatic heterocycles. The highest BCUT2D eigenvalue weighted by molar-refractivity contribution is 5.99. The van der Waals surface area contributed by atoms with Gasteiger partial charge in [0, 0.05) is 12.2 Å². The van der Waals surface area contributed by atoms with Crippen molar-refractivity contribution in [2.45, 2.75) is 44.1 Å². The molecule has 1 fully saturated rings. The topological polar surface area (TPSA) is 75.4 Å². The Labute approximate surface area is 114 Å². The highest BCUT2D eigenvalue weighted by atomic mass is 16.3. The van der Waals surface area contributed by atoms with Crippen molar-refractivity contribution in [1.29, 1.82) is 0 Å². The van der Waals surface area contributed by atoms with Gasteiger partial charge in [-0.1, -0.05) is 37.8 Å². The number of carbonyl (C=O) groups excluding carboxylic acids is 1. The van der Waals surface area contributed by atoms with Crippen LogP contribution in [-0.2, 0) is 0 Å². The first-order valence-electron chi connectivity index (χ1n) is 6.96. The van der Waals surface area contributed by atoms with Gasteiger partial charge in [-0.05, 0) is 25.0 Å². The Morgan fingerprint density at radius 2 is 1.84 bits per heavy atom. The molecule has 1 saturated carbocycles. The van der Waals surface area contributed by atoms with Crippen LogP contribution in [0.4, 0.5) is 5.69 Å². The number of benzene rings is 1. The van der Waals surface area contributed by atoms with Crippen molar-refractivity contribution in [3.8, 4) is 0 Å². The van der Waals surface area contributed by atoms with Crippen molar-refractivity contribution in [2.24, 2.45) is 0 Å². The normalized spacial score (nSPS) is 18.6. The predicted molar refractivity (Wildman–Crippen MR) is 75.8 cm³/mol. The van der Waals surface area contributed by atoms with Crippen LogP contribution in [0.15, 0.2) is 24.3 Å². The van der Waals surface area contributed by atoms with Crippen molar-refractivity contribution in [2.75, 3.05) is 12.3 Å². The lowest BCUT2D eigenvalue weighted by molar-refractivity contribution is 0.0246. The third-order valence-corrected chi connectivity index (χ3v) is 3.82. The molecule has 0 atom stereocenters. The highest BCUT2D eigenvalue weighted by Crippen LogP contribution is 2.26. The quantitative estimate of drug-likeness (QED) is 0.576. The molecule has 0 radical (unpaired) electrons. The molecular weight excluding hydrogens is 240 g/mol. The van der Waals surface area contributed by atoms with E-state index in [0.29, 0.717) is 17.8 Å².